The zero-order valence-corrected chi connectivity index (χ0v) is 9.18. The van der Waals surface area contributed by atoms with Gasteiger partial charge >= 0.3 is 0 Å². The van der Waals surface area contributed by atoms with Gasteiger partial charge in [-0.3, -0.25) is 4.79 Å². The SMILES string of the molecule is CCC(CC)(CCO)CNC(=O)CN. The molecule has 0 rings (SSSR count). The molecular weight excluding hydrogens is 180 g/mol. The lowest BCUT2D eigenvalue weighted by Gasteiger charge is -2.31. The quantitative estimate of drug-likeness (QED) is 0.554. The molecule has 14 heavy (non-hydrogen) atoms. The fraction of sp³-hybridized carbons (Fsp3) is 0.900. The van der Waals surface area contributed by atoms with Crippen molar-refractivity contribution in [3.63, 3.8) is 0 Å². The highest BCUT2D eigenvalue weighted by atomic mass is 16.3. The Hall–Kier alpha value is -0.610. The monoisotopic (exact) mass is 202 g/mol. The summed E-state index contributed by atoms with van der Waals surface area (Å²) in [4.78, 5) is 11.0. The number of aliphatic hydroxyl groups excluding tert-OH is 1. The van der Waals surface area contributed by atoms with Crippen LogP contribution in [0.5, 0.6) is 0 Å². The van der Waals surface area contributed by atoms with Crippen molar-refractivity contribution >= 4 is 5.91 Å². The molecule has 0 aromatic carbocycles. The fourth-order valence-electron chi connectivity index (χ4n) is 1.54. The largest absolute Gasteiger partial charge is 0.396 e. The molecular formula is C10H22N2O2. The van der Waals surface area contributed by atoms with Crippen LogP contribution in [0.3, 0.4) is 0 Å². The molecule has 0 fully saturated rings. The van der Waals surface area contributed by atoms with Crippen LogP contribution < -0.4 is 11.1 Å². The lowest BCUT2D eigenvalue weighted by molar-refractivity contribution is -0.120. The summed E-state index contributed by atoms with van der Waals surface area (Å²) in [6.45, 7) is 4.96. The Balaban J connectivity index is 4.13. The summed E-state index contributed by atoms with van der Waals surface area (Å²) in [5, 5.41) is 11.7. The van der Waals surface area contributed by atoms with Crippen molar-refractivity contribution in [3.05, 3.63) is 0 Å². The van der Waals surface area contributed by atoms with Crippen molar-refractivity contribution in [1.82, 2.24) is 5.32 Å². The Morgan fingerprint density at radius 2 is 2.00 bits per heavy atom. The van der Waals surface area contributed by atoms with E-state index in [-0.39, 0.29) is 24.5 Å². The van der Waals surface area contributed by atoms with E-state index in [2.05, 4.69) is 19.2 Å². The predicted molar refractivity (Wildman–Crippen MR) is 56.8 cm³/mol. The van der Waals surface area contributed by atoms with Crippen LogP contribution in [0, 0.1) is 5.41 Å². The summed E-state index contributed by atoms with van der Waals surface area (Å²) in [6, 6.07) is 0. The van der Waals surface area contributed by atoms with E-state index in [4.69, 9.17) is 10.8 Å². The van der Waals surface area contributed by atoms with E-state index in [1.54, 1.807) is 0 Å². The van der Waals surface area contributed by atoms with Crippen molar-refractivity contribution in [2.75, 3.05) is 19.7 Å². The molecule has 4 heteroatoms. The van der Waals surface area contributed by atoms with Gasteiger partial charge in [0, 0.05) is 13.2 Å². The molecule has 0 aromatic heterocycles. The van der Waals surface area contributed by atoms with Gasteiger partial charge in [-0.25, -0.2) is 0 Å². The Morgan fingerprint density at radius 3 is 2.36 bits per heavy atom. The van der Waals surface area contributed by atoms with Gasteiger partial charge < -0.3 is 16.2 Å². The first-order valence-electron chi connectivity index (χ1n) is 5.21. The maximum atomic E-state index is 11.0. The molecule has 0 spiro atoms. The summed E-state index contributed by atoms with van der Waals surface area (Å²) in [7, 11) is 0. The van der Waals surface area contributed by atoms with Crippen LogP contribution in [0.15, 0.2) is 0 Å². The van der Waals surface area contributed by atoms with Crippen LogP contribution in [0.1, 0.15) is 33.1 Å². The van der Waals surface area contributed by atoms with Gasteiger partial charge in [0.1, 0.15) is 0 Å². The molecule has 4 nitrogen and oxygen atoms in total. The van der Waals surface area contributed by atoms with Crippen LogP contribution in [-0.4, -0.2) is 30.7 Å². The number of hydrogen-bond acceptors (Lipinski definition) is 3. The average molecular weight is 202 g/mol. The molecule has 1 amide bonds. The normalized spacial score (nSPS) is 11.4. The average Bonchev–Trinajstić information content (AvgIpc) is 2.24. The van der Waals surface area contributed by atoms with Gasteiger partial charge in [0.05, 0.1) is 6.54 Å². The van der Waals surface area contributed by atoms with Gasteiger partial charge in [-0.1, -0.05) is 13.8 Å². The second kappa shape index (κ2) is 6.79. The molecule has 0 saturated carbocycles. The standard InChI is InChI=1S/C10H22N2O2/c1-3-10(4-2,5-6-13)8-12-9(14)7-11/h13H,3-8,11H2,1-2H3,(H,12,14). The van der Waals surface area contributed by atoms with Crippen molar-refractivity contribution in [2.45, 2.75) is 33.1 Å². The number of amides is 1. The number of carbonyl (C=O) groups is 1. The predicted octanol–water partition coefficient (Wildman–Crippen LogP) is 0.250. The number of rotatable bonds is 7. The summed E-state index contributed by atoms with van der Waals surface area (Å²) < 4.78 is 0. The number of nitrogens with two attached hydrogens (primary N) is 1. The molecule has 84 valence electrons. The minimum Gasteiger partial charge on any atom is -0.396 e. The first kappa shape index (κ1) is 13.4. The van der Waals surface area contributed by atoms with E-state index in [1.807, 2.05) is 0 Å². The van der Waals surface area contributed by atoms with Gasteiger partial charge in [-0.2, -0.15) is 0 Å². The highest BCUT2D eigenvalue weighted by Crippen LogP contribution is 2.29. The summed E-state index contributed by atoms with van der Waals surface area (Å²) >= 11 is 0. The van der Waals surface area contributed by atoms with E-state index >= 15 is 0 Å². The van der Waals surface area contributed by atoms with Gasteiger partial charge in [0.15, 0.2) is 0 Å². The molecule has 0 radical (unpaired) electrons. The zero-order valence-electron chi connectivity index (χ0n) is 9.18. The summed E-state index contributed by atoms with van der Waals surface area (Å²) in [5.41, 5.74) is 5.22. The van der Waals surface area contributed by atoms with Gasteiger partial charge in [0.2, 0.25) is 5.91 Å². The van der Waals surface area contributed by atoms with E-state index in [9.17, 15) is 4.79 Å². The van der Waals surface area contributed by atoms with Crippen LogP contribution in [0.4, 0.5) is 0 Å². The third kappa shape index (κ3) is 4.07. The first-order valence-corrected chi connectivity index (χ1v) is 5.21. The number of nitrogens with one attached hydrogen (secondary N) is 1. The Labute approximate surface area is 85.9 Å². The lowest BCUT2D eigenvalue weighted by Crippen LogP contribution is -2.40. The smallest absolute Gasteiger partial charge is 0.233 e. The van der Waals surface area contributed by atoms with Crippen molar-refractivity contribution < 1.29 is 9.90 Å². The number of hydrogen-bond donors (Lipinski definition) is 3. The molecule has 0 unspecified atom stereocenters. The Bertz CT molecular complexity index is 168. The third-order valence-corrected chi connectivity index (χ3v) is 2.99. The molecule has 0 atom stereocenters. The lowest BCUT2D eigenvalue weighted by atomic mass is 9.79. The fourth-order valence-corrected chi connectivity index (χ4v) is 1.54. The minimum atomic E-state index is -0.130. The third-order valence-electron chi connectivity index (χ3n) is 2.99. The van der Waals surface area contributed by atoms with Gasteiger partial charge in [0.25, 0.3) is 0 Å². The van der Waals surface area contributed by atoms with Crippen LogP contribution in [0.25, 0.3) is 0 Å². The number of aliphatic hydroxyl groups is 1. The topological polar surface area (TPSA) is 75.3 Å². The van der Waals surface area contributed by atoms with Gasteiger partial charge in [-0.15, -0.1) is 0 Å². The van der Waals surface area contributed by atoms with E-state index in [0.717, 1.165) is 19.3 Å². The second-order valence-electron chi connectivity index (χ2n) is 3.66. The zero-order chi connectivity index (χ0) is 11.0. The van der Waals surface area contributed by atoms with Gasteiger partial charge in [-0.05, 0) is 24.7 Å². The van der Waals surface area contributed by atoms with Crippen molar-refractivity contribution in [3.8, 4) is 0 Å². The first-order chi connectivity index (χ1) is 6.64. The van der Waals surface area contributed by atoms with Crippen molar-refractivity contribution in [1.29, 1.82) is 0 Å². The highest BCUT2D eigenvalue weighted by molar-refractivity contribution is 5.77. The van der Waals surface area contributed by atoms with Crippen LogP contribution in [-0.2, 0) is 4.79 Å². The minimum absolute atomic E-state index is 0.0274. The van der Waals surface area contributed by atoms with Crippen LogP contribution >= 0.6 is 0 Å². The number of carbonyl (C=O) groups excluding carboxylic acids is 1. The summed E-state index contributed by atoms with van der Waals surface area (Å²) in [5.74, 6) is -0.130. The molecule has 4 N–H and O–H groups in total. The van der Waals surface area contributed by atoms with Crippen molar-refractivity contribution in [2.24, 2.45) is 11.1 Å². The molecule has 0 heterocycles. The molecule has 0 saturated heterocycles. The van der Waals surface area contributed by atoms with Crippen LogP contribution in [0.2, 0.25) is 0 Å². The van der Waals surface area contributed by atoms with E-state index < -0.39 is 0 Å². The Kier molecular flexibility index (Phi) is 6.49. The Morgan fingerprint density at radius 1 is 1.43 bits per heavy atom. The molecule has 0 aliphatic heterocycles. The van der Waals surface area contributed by atoms with E-state index in [0.29, 0.717) is 6.54 Å². The maximum absolute atomic E-state index is 11.0. The molecule has 0 bridgehead atoms. The molecule has 0 aromatic rings. The molecule has 0 aliphatic carbocycles. The summed E-state index contributed by atoms with van der Waals surface area (Å²) in [6.07, 6.45) is 2.63. The highest BCUT2D eigenvalue weighted by Gasteiger charge is 2.25. The molecule has 0 aliphatic rings. The second-order valence-corrected chi connectivity index (χ2v) is 3.66. The van der Waals surface area contributed by atoms with E-state index in [1.165, 1.54) is 0 Å². The maximum Gasteiger partial charge on any atom is 0.233 e.